The van der Waals surface area contributed by atoms with Crippen LogP contribution in [0.25, 0.3) is 0 Å². The molecule has 0 saturated carbocycles. The van der Waals surface area contributed by atoms with Crippen molar-refractivity contribution in [3.05, 3.63) is 224 Å². The Morgan fingerprint density at radius 1 is 0.690 bits per heavy atom. The maximum Gasteiger partial charge on any atom is 0.412 e. The summed E-state index contributed by atoms with van der Waals surface area (Å²) in [4.78, 5) is 96.1. The van der Waals surface area contributed by atoms with Gasteiger partial charge in [0.25, 0.3) is 17.0 Å². The largest absolute Gasteiger partial charge is 0.444 e. The predicted molar refractivity (Wildman–Crippen MR) is 320 cm³/mol. The molecule has 0 aliphatic carbocycles. The predicted octanol–water partition coefficient (Wildman–Crippen LogP) is 8.94. The standard InChI is InChI=1S/C34H40N4O6.C30H34N6O4/c1-23-18-19-37(32(42)44-33(3,4)5)34(21-23,22-30(40)36-43)38-24(2)16-17-28(31(38)41)35-29(39)20-27(25-12-8-6-9-13-25)26-14-10-7-11-15-26;1-19-13-14-25(33-26(37)18-24(21-9-5-3-6-10-21)22-11-7-4-8-12-22)29(39)36(19)27-17-23(20(2)28(38)34-40)15-16-35(27)30(31)32/h6-17,27,43H,1,18-22H2,2-5H3,(H,35,39)(H,36,40);3-14,23-24,27,40H,2,15-18H2,1H3,(H3,31,32)(H,33,37)(H,34,38). The van der Waals surface area contributed by atoms with Crippen molar-refractivity contribution in [2.75, 3.05) is 23.7 Å². The minimum Gasteiger partial charge on any atom is -0.444 e. The molecule has 0 spiro atoms. The van der Waals surface area contributed by atoms with Crippen LogP contribution < -0.4 is 38.4 Å². The number of nitrogens with zero attached hydrogens (tertiary/aromatic N) is 4. The van der Waals surface area contributed by atoms with E-state index < -0.39 is 52.9 Å². The molecule has 2 saturated heterocycles. The van der Waals surface area contributed by atoms with Gasteiger partial charge in [0.2, 0.25) is 17.7 Å². The molecule has 2 aliphatic rings. The van der Waals surface area contributed by atoms with Crippen molar-refractivity contribution in [3.63, 3.8) is 0 Å². The van der Waals surface area contributed by atoms with Gasteiger partial charge in [0.15, 0.2) is 5.96 Å². The van der Waals surface area contributed by atoms with Gasteiger partial charge in [0.1, 0.15) is 28.8 Å². The third-order valence-corrected chi connectivity index (χ3v) is 15.1. The van der Waals surface area contributed by atoms with Gasteiger partial charge in [-0.15, -0.1) is 0 Å². The number of guanidine groups is 1. The molecule has 3 atom stereocenters. The molecule has 3 unspecified atom stereocenters. The maximum atomic E-state index is 14.2. The lowest BCUT2D eigenvalue weighted by Gasteiger charge is -2.49. The van der Waals surface area contributed by atoms with Crippen LogP contribution in [0.5, 0.6) is 0 Å². The van der Waals surface area contributed by atoms with E-state index in [0.717, 1.165) is 22.3 Å². The van der Waals surface area contributed by atoms with Gasteiger partial charge >= 0.3 is 6.09 Å². The molecule has 9 N–H and O–H groups in total. The fraction of sp³-hybridized carbons (Fsp3) is 0.312. The Hall–Kier alpha value is -9.40. The van der Waals surface area contributed by atoms with Crippen LogP contribution in [0.15, 0.2) is 179 Å². The molecule has 2 fully saturated rings. The molecule has 0 bridgehead atoms. The van der Waals surface area contributed by atoms with Crippen LogP contribution >= 0.6 is 0 Å². The minimum absolute atomic E-state index is 0.00965. The first-order valence-corrected chi connectivity index (χ1v) is 27.6. The van der Waals surface area contributed by atoms with E-state index in [0.29, 0.717) is 36.3 Å². The molecule has 8 rings (SSSR count). The van der Waals surface area contributed by atoms with Crippen LogP contribution in [0.1, 0.15) is 117 Å². The number of carbonyl (C=O) groups excluding carboxylic acids is 5. The summed E-state index contributed by atoms with van der Waals surface area (Å²) in [6.45, 7) is 16.9. The Morgan fingerprint density at radius 2 is 1.15 bits per heavy atom. The highest BCUT2D eigenvalue weighted by molar-refractivity contribution is 5.93. The smallest absolute Gasteiger partial charge is 0.412 e. The summed E-state index contributed by atoms with van der Waals surface area (Å²) in [5, 5.41) is 32.2. The van der Waals surface area contributed by atoms with Crippen molar-refractivity contribution >= 4 is 47.1 Å². The van der Waals surface area contributed by atoms with Crippen molar-refractivity contribution in [2.24, 2.45) is 11.7 Å². The second-order valence-corrected chi connectivity index (χ2v) is 22.1. The van der Waals surface area contributed by atoms with Crippen molar-refractivity contribution in [3.8, 4) is 0 Å². The SMILES string of the molecule is C=C(C(=O)NO)C1CCN(C(=N)N)C(n2c(C)ccc(NC(=O)CC(c3ccccc3)c3ccccc3)c2=O)C1.C=C1CCN(C(=O)OC(C)(C)C)C(CC(=O)NO)(n2c(C)ccc(NC(=O)CC(c3ccccc3)c3ccccc3)c2=O)C1. The number of nitrogens with two attached hydrogens (primary N) is 1. The Balaban J connectivity index is 0.000000242. The number of carbonyl (C=O) groups is 5. The molecule has 5 amide bonds. The number of amides is 5. The Morgan fingerprint density at radius 3 is 1.60 bits per heavy atom. The molecule has 84 heavy (non-hydrogen) atoms. The summed E-state index contributed by atoms with van der Waals surface area (Å²) in [5.74, 6) is -3.22. The van der Waals surface area contributed by atoms with Crippen LogP contribution in [0.3, 0.4) is 0 Å². The number of hydrogen-bond donors (Lipinski definition) is 8. The summed E-state index contributed by atoms with van der Waals surface area (Å²) in [6.07, 6.45) is -0.447. The highest BCUT2D eigenvalue weighted by Gasteiger charge is 2.49. The van der Waals surface area contributed by atoms with Gasteiger partial charge < -0.3 is 26.0 Å². The molecule has 2 aromatic heterocycles. The summed E-state index contributed by atoms with van der Waals surface area (Å²) in [5.41, 5.74) is 11.5. The van der Waals surface area contributed by atoms with Gasteiger partial charge in [0, 0.05) is 61.1 Å². The van der Waals surface area contributed by atoms with Crippen LogP contribution in [0.2, 0.25) is 0 Å². The number of aryl methyl sites for hydroxylation is 2. The maximum absolute atomic E-state index is 14.2. The molecule has 4 aromatic carbocycles. The van der Waals surface area contributed by atoms with E-state index in [4.69, 9.17) is 21.1 Å². The van der Waals surface area contributed by atoms with E-state index in [1.807, 2.05) is 121 Å². The lowest BCUT2D eigenvalue weighted by molar-refractivity contribution is -0.135. The first-order valence-electron chi connectivity index (χ1n) is 27.6. The fourth-order valence-corrected chi connectivity index (χ4v) is 11.1. The summed E-state index contributed by atoms with van der Waals surface area (Å²) in [6, 6.07) is 45.2. The number of rotatable bonds is 16. The Labute approximate surface area is 488 Å². The van der Waals surface area contributed by atoms with E-state index in [1.54, 1.807) is 68.7 Å². The van der Waals surface area contributed by atoms with Crippen molar-refractivity contribution in [1.29, 1.82) is 5.41 Å². The molecular weight excluding hydrogens is 1070 g/mol. The van der Waals surface area contributed by atoms with Crippen molar-refractivity contribution in [1.82, 2.24) is 29.9 Å². The topological polar surface area (TPSA) is 284 Å². The molecule has 0 radical (unpaired) electrons. The summed E-state index contributed by atoms with van der Waals surface area (Å²) < 4.78 is 8.50. The van der Waals surface area contributed by atoms with E-state index in [-0.39, 0.29) is 84.7 Å². The van der Waals surface area contributed by atoms with Gasteiger partial charge in [0.05, 0.1) is 6.42 Å². The van der Waals surface area contributed by atoms with Crippen LogP contribution in [0, 0.1) is 25.2 Å². The molecule has 20 nitrogen and oxygen atoms in total. The van der Waals surface area contributed by atoms with Crippen LogP contribution in [-0.2, 0) is 29.6 Å². The second kappa shape index (κ2) is 27.6. The number of anilines is 2. The van der Waals surface area contributed by atoms with Gasteiger partial charge in [-0.3, -0.25) is 58.6 Å². The second-order valence-electron chi connectivity index (χ2n) is 22.1. The van der Waals surface area contributed by atoms with E-state index in [2.05, 4.69) is 23.8 Å². The zero-order valence-electron chi connectivity index (χ0n) is 48.0. The average molecular weight is 1140 g/mol. The highest BCUT2D eigenvalue weighted by atomic mass is 16.6. The summed E-state index contributed by atoms with van der Waals surface area (Å²) in [7, 11) is 0. The van der Waals surface area contributed by atoms with Crippen molar-refractivity contribution in [2.45, 2.75) is 109 Å². The minimum atomic E-state index is -1.59. The van der Waals surface area contributed by atoms with Crippen LogP contribution in [-0.4, -0.2) is 83.7 Å². The highest BCUT2D eigenvalue weighted by Crippen LogP contribution is 2.40. The van der Waals surface area contributed by atoms with Gasteiger partial charge in [-0.2, -0.15) is 0 Å². The lowest BCUT2D eigenvalue weighted by Crippen LogP contribution is -2.61. The molecule has 4 heterocycles. The van der Waals surface area contributed by atoms with Crippen LogP contribution in [0.4, 0.5) is 16.2 Å². The molecule has 2 aliphatic heterocycles. The number of nitrogens with one attached hydrogen (secondary N) is 5. The zero-order valence-corrected chi connectivity index (χ0v) is 48.0. The first kappa shape index (κ1) is 62.2. The van der Waals surface area contributed by atoms with E-state index >= 15 is 0 Å². The number of benzene rings is 4. The number of hydroxylamine groups is 2. The number of ether oxygens (including phenoxy) is 1. The monoisotopic (exact) mass is 1140 g/mol. The van der Waals surface area contributed by atoms with Gasteiger partial charge in [-0.05, 0) is 106 Å². The third kappa shape index (κ3) is 15.0. The normalized spacial score (nSPS) is 16.8. The number of likely N-dealkylation sites (tertiary alicyclic amines) is 2. The third-order valence-electron chi connectivity index (χ3n) is 15.1. The Kier molecular flexibility index (Phi) is 20.4. The fourth-order valence-electron chi connectivity index (χ4n) is 11.1. The zero-order chi connectivity index (χ0) is 60.9. The number of aromatic nitrogens is 2. The molecule has 440 valence electrons. The number of piperidine rings is 2. The number of hydrogen-bond acceptors (Lipinski definition) is 11. The molecule has 6 aromatic rings. The molecule has 20 heteroatoms. The summed E-state index contributed by atoms with van der Waals surface area (Å²) >= 11 is 0. The van der Waals surface area contributed by atoms with Crippen molar-refractivity contribution < 1.29 is 39.1 Å². The molecular formula is C64H74N10O10. The average Bonchev–Trinajstić information content (AvgIpc) is 1.14. The van der Waals surface area contributed by atoms with E-state index in [9.17, 15) is 38.8 Å². The first-order chi connectivity index (χ1) is 40.0. The quantitative estimate of drug-likeness (QED) is 0.0113. The van der Waals surface area contributed by atoms with E-state index in [1.165, 1.54) is 20.1 Å². The lowest BCUT2D eigenvalue weighted by atomic mass is 9.87. The van der Waals surface area contributed by atoms with Gasteiger partial charge in [-0.25, -0.2) is 15.8 Å². The number of pyridine rings is 2. The van der Waals surface area contributed by atoms with Gasteiger partial charge in [-0.1, -0.05) is 140 Å². The Bertz CT molecular complexity index is 3410.